The zero-order valence-electron chi connectivity index (χ0n) is 18.5. The normalized spacial score (nSPS) is 22.5. The number of anilines is 1. The zero-order valence-corrected chi connectivity index (χ0v) is 18.5. The highest BCUT2D eigenvalue weighted by molar-refractivity contribution is 5.94. The largest absolute Gasteiger partial charge is 0.322 e. The van der Waals surface area contributed by atoms with E-state index >= 15 is 0 Å². The standard InChI is InChI=1S/C22H27F2N7O/c1-20(2,23)13-31-17-8-15(25-9-14(17)10-27-31)18-16(11-26-29-18)28-19(32)30-7-6-21(3,24)12-22(30)4-5-22/h8-11H,4-7,12-13H2,1-3H3,(H,26,29)(H,28,32). The van der Waals surface area contributed by atoms with Crippen molar-refractivity contribution in [2.75, 3.05) is 11.9 Å². The first-order valence-corrected chi connectivity index (χ1v) is 10.9. The van der Waals surface area contributed by atoms with Crippen LogP contribution in [0.2, 0.25) is 0 Å². The third kappa shape index (κ3) is 3.82. The number of rotatable bonds is 4. The predicted molar refractivity (Wildman–Crippen MR) is 117 cm³/mol. The minimum Gasteiger partial charge on any atom is -0.319 e. The molecule has 1 atom stereocenters. The van der Waals surface area contributed by atoms with Crippen molar-refractivity contribution in [1.82, 2.24) is 29.9 Å². The van der Waals surface area contributed by atoms with Crippen molar-refractivity contribution in [3.8, 4) is 11.4 Å². The molecule has 4 heterocycles. The SMILES string of the molecule is CC(C)(F)Cn1ncc2cnc(-c3[nH]ncc3NC(=O)N3CCC(C)(F)CC34CC4)cc21. The van der Waals surface area contributed by atoms with Gasteiger partial charge < -0.3 is 10.2 Å². The van der Waals surface area contributed by atoms with E-state index in [0.29, 0.717) is 36.5 Å². The first-order valence-electron chi connectivity index (χ1n) is 10.9. The summed E-state index contributed by atoms with van der Waals surface area (Å²) in [5, 5.41) is 15.0. The number of hydrogen-bond acceptors (Lipinski definition) is 4. The molecule has 3 aromatic heterocycles. The molecule has 32 heavy (non-hydrogen) atoms. The predicted octanol–water partition coefficient (Wildman–Crippen LogP) is 4.46. The van der Waals surface area contributed by atoms with Crippen LogP contribution in [0.3, 0.4) is 0 Å². The summed E-state index contributed by atoms with van der Waals surface area (Å²) in [7, 11) is 0. The van der Waals surface area contributed by atoms with Crippen LogP contribution in [0.25, 0.3) is 22.3 Å². The molecule has 1 spiro atoms. The minimum atomic E-state index is -1.42. The summed E-state index contributed by atoms with van der Waals surface area (Å²) in [4.78, 5) is 19.3. The van der Waals surface area contributed by atoms with E-state index in [2.05, 4.69) is 25.6 Å². The monoisotopic (exact) mass is 443 g/mol. The van der Waals surface area contributed by atoms with Crippen molar-refractivity contribution in [3.63, 3.8) is 0 Å². The Balaban J connectivity index is 1.40. The lowest BCUT2D eigenvalue weighted by Crippen LogP contribution is -2.53. The zero-order chi connectivity index (χ0) is 22.7. The molecule has 3 aromatic rings. The van der Waals surface area contributed by atoms with Crippen LogP contribution in [0.15, 0.2) is 24.7 Å². The number of carbonyl (C=O) groups is 1. The molecule has 10 heteroatoms. The number of aromatic nitrogens is 5. The number of aromatic amines is 1. The van der Waals surface area contributed by atoms with Crippen LogP contribution in [0, 0.1) is 0 Å². The van der Waals surface area contributed by atoms with Gasteiger partial charge in [0.15, 0.2) is 0 Å². The van der Waals surface area contributed by atoms with Gasteiger partial charge in [-0.1, -0.05) is 0 Å². The van der Waals surface area contributed by atoms with E-state index in [4.69, 9.17) is 0 Å². The molecule has 1 saturated carbocycles. The summed E-state index contributed by atoms with van der Waals surface area (Å²) in [5.41, 5.74) is -0.697. The van der Waals surface area contributed by atoms with Gasteiger partial charge in [0, 0.05) is 30.1 Å². The second-order valence-electron chi connectivity index (χ2n) is 9.95. The number of piperidine rings is 1. The Bertz CT molecular complexity index is 1170. The number of pyridine rings is 1. The molecule has 1 aliphatic heterocycles. The fourth-order valence-electron chi connectivity index (χ4n) is 4.71. The van der Waals surface area contributed by atoms with Gasteiger partial charge in [0.1, 0.15) is 17.0 Å². The number of urea groups is 1. The second-order valence-corrected chi connectivity index (χ2v) is 9.95. The molecular weight excluding hydrogens is 416 g/mol. The van der Waals surface area contributed by atoms with E-state index in [1.807, 2.05) is 0 Å². The van der Waals surface area contributed by atoms with E-state index < -0.39 is 11.3 Å². The van der Waals surface area contributed by atoms with E-state index in [9.17, 15) is 13.6 Å². The maximum Gasteiger partial charge on any atom is 0.322 e. The summed E-state index contributed by atoms with van der Waals surface area (Å²) >= 11 is 0. The lowest BCUT2D eigenvalue weighted by atomic mass is 9.88. The summed E-state index contributed by atoms with van der Waals surface area (Å²) in [5.74, 6) is 0. The van der Waals surface area contributed by atoms with Crippen molar-refractivity contribution in [1.29, 1.82) is 0 Å². The van der Waals surface area contributed by atoms with Crippen molar-refractivity contribution in [2.24, 2.45) is 0 Å². The summed E-state index contributed by atoms with van der Waals surface area (Å²) in [6.07, 6.45) is 7.20. The van der Waals surface area contributed by atoms with E-state index in [0.717, 1.165) is 23.7 Å². The van der Waals surface area contributed by atoms with Gasteiger partial charge in [0.2, 0.25) is 0 Å². The van der Waals surface area contributed by atoms with Gasteiger partial charge >= 0.3 is 6.03 Å². The van der Waals surface area contributed by atoms with E-state index in [1.54, 1.807) is 35.0 Å². The molecule has 2 aliphatic rings. The highest BCUT2D eigenvalue weighted by Crippen LogP contribution is 2.52. The number of carbonyl (C=O) groups excluding carboxylic acids is 1. The Hall–Kier alpha value is -3.04. The topological polar surface area (TPSA) is 91.7 Å². The third-order valence-electron chi connectivity index (χ3n) is 6.39. The highest BCUT2D eigenvalue weighted by atomic mass is 19.1. The van der Waals surface area contributed by atoms with Crippen LogP contribution >= 0.6 is 0 Å². The number of fused-ring (bicyclic) bond motifs is 1. The van der Waals surface area contributed by atoms with Crippen LogP contribution in [0.1, 0.15) is 46.5 Å². The van der Waals surface area contributed by atoms with Crippen LogP contribution in [0.5, 0.6) is 0 Å². The molecule has 2 amide bonds. The molecule has 8 nitrogen and oxygen atoms in total. The molecule has 2 N–H and O–H groups in total. The fraction of sp³-hybridized carbons (Fsp3) is 0.545. The van der Waals surface area contributed by atoms with E-state index in [1.165, 1.54) is 20.0 Å². The summed E-state index contributed by atoms with van der Waals surface area (Å²) < 4.78 is 30.3. The Kier molecular flexibility index (Phi) is 4.55. The van der Waals surface area contributed by atoms with Gasteiger partial charge in [-0.15, -0.1) is 0 Å². The first-order chi connectivity index (χ1) is 15.1. The van der Waals surface area contributed by atoms with Crippen LogP contribution in [0.4, 0.5) is 19.3 Å². The van der Waals surface area contributed by atoms with Gasteiger partial charge in [-0.3, -0.25) is 14.8 Å². The Morgan fingerprint density at radius 2 is 2.06 bits per heavy atom. The number of hydrogen-bond donors (Lipinski definition) is 2. The quantitative estimate of drug-likeness (QED) is 0.623. The molecule has 0 radical (unpaired) electrons. The molecular formula is C22H27F2N7O. The van der Waals surface area contributed by atoms with Gasteiger partial charge in [-0.2, -0.15) is 10.2 Å². The van der Waals surface area contributed by atoms with Gasteiger partial charge in [-0.25, -0.2) is 13.6 Å². The minimum absolute atomic E-state index is 0.108. The van der Waals surface area contributed by atoms with Gasteiger partial charge in [0.25, 0.3) is 0 Å². The smallest absolute Gasteiger partial charge is 0.319 e. The van der Waals surface area contributed by atoms with Crippen molar-refractivity contribution >= 4 is 22.6 Å². The maximum absolute atomic E-state index is 14.5. The third-order valence-corrected chi connectivity index (χ3v) is 6.39. The van der Waals surface area contributed by atoms with Crippen molar-refractivity contribution < 1.29 is 13.6 Å². The van der Waals surface area contributed by atoms with Gasteiger partial charge in [-0.05, 0) is 46.1 Å². The average Bonchev–Trinajstić information content (AvgIpc) is 3.11. The lowest BCUT2D eigenvalue weighted by molar-refractivity contribution is 0.0418. The molecule has 5 rings (SSSR count). The molecule has 0 bridgehead atoms. The summed E-state index contributed by atoms with van der Waals surface area (Å²) in [6, 6.07) is 1.54. The van der Waals surface area contributed by atoms with Crippen molar-refractivity contribution in [3.05, 3.63) is 24.7 Å². The number of halogens is 2. The maximum atomic E-state index is 14.5. The number of amides is 2. The van der Waals surface area contributed by atoms with Crippen molar-refractivity contribution in [2.45, 2.75) is 69.9 Å². The Labute approximate surface area is 184 Å². The molecule has 0 aromatic carbocycles. The van der Waals surface area contributed by atoms with Crippen LogP contribution in [-0.4, -0.2) is 59.3 Å². The Morgan fingerprint density at radius 3 is 2.78 bits per heavy atom. The lowest BCUT2D eigenvalue weighted by Gasteiger charge is -2.41. The number of alkyl halides is 2. The second kappa shape index (κ2) is 6.98. The molecule has 2 fully saturated rings. The van der Waals surface area contributed by atoms with E-state index in [-0.39, 0.29) is 18.1 Å². The number of nitrogens with one attached hydrogen (secondary N) is 2. The number of H-pyrrole nitrogens is 1. The van der Waals surface area contributed by atoms with Gasteiger partial charge in [0.05, 0.1) is 35.8 Å². The highest BCUT2D eigenvalue weighted by Gasteiger charge is 2.56. The number of likely N-dealkylation sites (tertiary alicyclic amines) is 1. The molecule has 1 aliphatic carbocycles. The average molecular weight is 444 g/mol. The van der Waals surface area contributed by atoms with Crippen LogP contribution < -0.4 is 5.32 Å². The first kappa shape index (κ1) is 20.8. The fourth-order valence-corrected chi connectivity index (χ4v) is 4.71. The molecule has 1 unspecified atom stereocenters. The molecule has 1 saturated heterocycles. The molecule has 170 valence electrons. The van der Waals surface area contributed by atoms with Crippen LogP contribution in [-0.2, 0) is 6.54 Å². The summed E-state index contributed by atoms with van der Waals surface area (Å²) in [6.45, 7) is 5.12. The number of nitrogens with zero attached hydrogens (tertiary/aromatic N) is 5. The Morgan fingerprint density at radius 1 is 1.28 bits per heavy atom.